The SMILES string of the molecule is CCCn1c(-c2ccc(C(=O)Nc3ccc(I)cc3)s2)nc2ccccc21. The van der Waals surface area contributed by atoms with Crippen molar-refractivity contribution in [3.63, 3.8) is 0 Å². The van der Waals surface area contributed by atoms with Crippen molar-refractivity contribution in [3.8, 4) is 10.7 Å². The molecule has 0 aliphatic rings. The van der Waals surface area contributed by atoms with Crippen molar-refractivity contribution >= 4 is 56.6 Å². The second-order valence-electron chi connectivity index (χ2n) is 6.20. The van der Waals surface area contributed by atoms with E-state index in [0.29, 0.717) is 4.88 Å². The number of para-hydroxylation sites is 2. The summed E-state index contributed by atoms with van der Waals surface area (Å²) >= 11 is 3.72. The van der Waals surface area contributed by atoms with Crippen LogP contribution in [0.1, 0.15) is 23.0 Å². The normalized spacial score (nSPS) is 11.0. The van der Waals surface area contributed by atoms with Gasteiger partial charge in [-0.25, -0.2) is 4.98 Å². The average Bonchev–Trinajstić information content (AvgIpc) is 3.29. The molecule has 0 fully saturated rings. The van der Waals surface area contributed by atoms with E-state index in [1.165, 1.54) is 11.3 Å². The largest absolute Gasteiger partial charge is 0.323 e. The van der Waals surface area contributed by atoms with Gasteiger partial charge in [0, 0.05) is 15.8 Å². The number of halogens is 1. The van der Waals surface area contributed by atoms with Gasteiger partial charge in [-0.05, 0) is 77.5 Å². The summed E-state index contributed by atoms with van der Waals surface area (Å²) < 4.78 is 3.38. The Morgan fingerprint density at radius 3 is 2.67 bits per heavy atom. The fourth-order valence-electron chi connectivity index (χ4n) is 3.02. The van der Waals surface area contributed by atoms with Crippen LogP contribution in [0.5, 0.6) is 0 Å². The van der Waals surface area contributed by atoms with Gasteiger partial charge in [0.25, 0.3) is 5.91 Å². The number of hydrogen-bond donors (Lipinski definition) is 1. The quantitative estimate of drug-likeness (QED) is 0.350. The predicted molar refractivity (Wildman–Crippen MR) is 120 cm³/mol. The number of imidazole rings is 1. The zero-order valence-electron chi connectivity index (χ0n) is 14.8. The number of benzene rings is 2. The summed E-state index contributed by atoms with van der Waals surface area (Å²) in [5, 5.41) is 2.96. The summed E-state index contributed by atoms with van der Waals surface area (Å²) in [7, 11) is 0. The number of rotatable bonds is 5. The van der Waals surface area contributed by atoms with Gasteiger partial charge in [0.05, 0.1) is 20.8 Å². The van der Waals surface area contributed by atoms with Crippen LogP contribution in [0.2, 0.25) is 0 Å². The molecule has 0 radical (unpaired) electrons. The molecule has 0 bridgehead atoms. The van der Waals surface area contributed by atoms with E-state index in [9.17, 15) is 4.79 Å². The molecule has 136 valence electrons. The van der Waals surface area contributed by atoms with Crippen molar-refractivity contribution < 1.29 is 4.79 Å². The molecule has 0 saturated heterocycles. The fraction of sp³-hybridized carbons (Fsp3) is 0.143. The molecule has 0 spiro atoms. The maximum atomic E-state index is 12.6. The molecule has 27 heavy (non-hydrogen) atoms. The Bertz CT molecular complexity index is 1100. The van der Waals surface area contributed by atoms with Gasteiger partial charge < -0.3 is 9.88 Å². The highest BCUT2D eigenvalue weighted by Gasteiger charge is 2.16. The van der Waals surface area contributed by atoms with Gasteiger partial charge in [0.15, 0.2) is 5.82 Å². The average molecular weight is 487 g/mol. The second kappa shape index (κ2) is 7.82. The minimum absolute atomic E-state index is 0.0920. The molecule has 6 heteroatoms. The van der Waals surface area contributed by atoms with Crippen molar-refractivity contribution in [2.75, 3.05) is 5.32 Å². The van der Waals surface area contributed by atoms with Crippen molar-refractivity contribution in [2.24, 2.45) is 0 Å². The summed E-state index contributed by atoms with van der Waals surface area (Å²) in [6.07, 6.45) is 1.03. The molecule has 4 rings (SSSR count). The van der Waals surface area contributed by atoms with Gasteiger partial charge in [0.2, 0.25) is 0 Å². The third kappa shape index (κ3) is 3.77. The minimum Gasteiger partial charge on any atom is -0.323 e. The van der Waals surface area contributed by atoms with E-state index in [1.807, 2.05) is 54.6 Å². The lowest BCUT2D eigenvalue weighted by molar-refractivity contribution is 0.103. The summed E-state index contributed by atoms with van der Waals surface area (Å²) in [6, 6.07) is 19.8. The maximum absolute atomic E-state index is 12.6. The van der Waals surface area contributed by atoms with Gasteiger partial charge in [0.1, 0.15) is 0 Å². The molecular formula is C21H18IN3OS. The summed E-state index contributed by atoms with van der Waals surface area (Å²) in [5.74, 6) is 0.835. The molecule has 0 unspecified atom stereocenters. The van der Waals surface area contributed by atoms with Crippen LogP contribution in [0, 0.1) is 3.57 Å². The third-order valence-corrected chi connectivity index (χ3v) is 6.05. The van der Waals surface area contributed by atoms with E-state index >= 15 is 0 Å². The number of nitrogens with zero attached hydrogens (tertiary/aromatic N) is 2. The van der Waals surface area contributed by atoms with Gasteiger partial charge in [-0.1, -0.05) is 19.1 Å². The molecule has 2 heterocycles. The second-order valence-corrected chi connectivity index (χ2v) is 8.53. The Hall–Kier alpha value is -2.19. The van der Waals surface area contributed by atoms with Crippen LogP contribution in [-0.4, -0.2) is 15.5 Å². The maximum Gasteiger partial charge on any atom is 0.265 e. The molecule has 1 amide bonds. The Morgan fingerprint density at radius 2 is 1.89 bits per heavy atom. The number of anilines is 1. The van der Waals surface area contributed by atoms with Crippen LogP contribution in [-0.2, 0) is 6.54 Å². The standard InChI is InChI=1S/C21H18IN3OS/c1-2-13-25-17-6-4-3-5-16(17)24-20(25)18-11-12-19(27-18)21(26)23-15-9-7-14(22)8-10-15/h3-12H,2,13H2,1H3,(H,23,26). The van der Waals surface area contributed by atoms with Crippen LogP contribution < -0.4 is 5.32 Å². The number of amides is 1. The van der Waals surface area contributed by atoms with E-state index in [1.54, 1.807) is 0 Å². The van der Waals surface area contributed by atoms with Gasteiger partial charge in [-0.15, -0.1) is 11.3 Å². The highest BCUT2D eigenvalue weighted by atomic mass is 127. The van der Waals surface area contributed by atoms with Crippen molar-refractivity contribution in [2.45, 2.75) is 19.9 Å². The summed E-state index contributed by atoms with van der Waals surface area (Å²) in [5.41, 5.74) is 2.92. The van der Waals surface area contributed by atoms with Crippen molar-refractivity contribution in [1.29, 1.82) is 0 Å². The third-order valence-electron chi connectivity index (χ3n) is 4.25. The van der Waals surface area contributed by atoms with E-state index in [2.05, 4.69) is 45.5 Å². The molecule has 0 saturated carbocycles. The van der Waals surface area contributed by atoms with E-state index in [-0.39, 0.29) is 5.91 Å². The summed E-state index contributed by atoms with van der Waals surface area (Å²) in [6.45, 7) is 3.06. The van der Waals surface area contributed by atoms with E-state index < -0.39 is 0 Å². The lowest BCUT2D eigenvalue weighted by Crippen LogP contribution is -2.09. The number of carbonyl (C=O) groups excluding carboxylic acids is 1. The van der Waals surface area contributed by atoms with Crippen LogP contribution in [0.15, 0.2) is 60.7 Å². The van der Waals surface area contributed by atoms with Crippen LogP contribution >= 0.6 is 33.9 Å². The molecule has 0 aliphatic carbocycles. The van der Waals surface area contributed by atoms with Gasteiger partial charge in [-0.3, -0.25) is 4.79 Å². The zero-order valence-corrected chi connectivity index (χ0v) is 17.8. The van der Waals surface area contributed by atoms with E-state index in [4.69, 9.17) is 4.98 Å². The number of nitrogens with one attached hydrogen (secondary N) is 1. The van der Waals surface area contributed by atoms with Crippen LogP contribution in [0.25, 0.3) is 21.7 Å². The molecule has 0 atom stereocenters. The first-order valence-electron chi connectivity index (χ1n) is 8.78. The molecule has 2 aromatic carbocycles. The molecule has 4 nitrogen and oxygen atoms in total. The lowest BCUT2D eigenvalue weighted by Gasteiger charge is -2.06. The van der Waals surface area contributed by atoms with Gasteiger partial charge in [-0.2, -0.15) is 0 Å². The van der Waals surface area contributed by atoms with Gasteiger partial charge >= 0.3 is 0 Å². The highest BCUT2D eigenvalue weighted by Crippen LogP contribution is 2.31. The number of aryl methyl sites for hydroxylation is 1. The fourth-order valence-corrected chi connectivity index (χ4v) is 4.28. The number of aromatic nitrogens is 2. The Balaban J connectivity index is 1.64. The molecule has 0 aliphatic heterocycles. The Kier molecular flexibility index (Phi) is 5.27. The molecule has 1 N–H and O–H groups in total. The minimum atomic E-state index is -0.0920. The number of fused-ring (bicyclic) bond motifs is 1. The first-order valence-corrected chi connectivity index (χ1v) is 10.7. The number of hydrogen-bond acceptors (Lipinski definition) is 3. The number of carbonyl (C=O) groups is 1. The van der Waals surface area contributed by atoms with Crippen molar-refractivity contribution in [3.05, 3.63) is 69.1 Å². The molecule has 2 aromatic heterocycles. The summed E-state index contributed by atoms with van der Waals surface area (Å²) in [4.78, 5) is 19.1. The topological polar surface area (TPSA) is 46.9 Å². The van der Waals surface area contributed by atoms with Crippen molar-refractivity contribution in [1.82, 2.24) is 9.55 Å². The Labute approximate surface area is 175 Å². The monoisotopic (exact) mass is 487 g/mol. The highest BCUT2D eigenvalue weighted by molar-refractivity contribution is 14.1. The van der Waals surface area contributed by atoms with E-state index in [0.717, 1.165) is 44.0 Å². The number of thiophene rings is 1. The first kappa shape index (κ1) is 18.2. The zero-order chi connectivity index (χ0) is 18.8. The Morgan fingerprint density at radius 1 is 1.11 bits per heavy atom. The predicted octanol–water partition coefficient (Wildman–Crippen LogP) is 6.03. The molecular weight excluding hydrogens is 469 g/mol. The van der Waals surface area contributed by atoms with Crippen LogP contribution in [0.4, 0.5) is 5.69 Å². The lowest BCUT2D eigenvalue weighted by atomic mass is 10.3. The molecule has 4 aromatic rings. The van der Waals surface area contributed by atoms with Crippen LogP contribution in [0.3, 0.4) is 0 Å². The first-order chi connectivity index (χ1) is 13.2. The smallest absolute Gasteiger partial charge is 0.265 e.